The van der Waals surface area contributed by atoms with Gasteiger partial charge in [-0.15, -0.1) is 0 Å². The van der Waals surface area contributed by atoms with Gasteiger partial charge in [-0.05, 0) is 56.2 Å². The minimum absolute atomic E-state index is 0.0284. The van der Waals surface area contributed by atoms with E-state index in [0.29, 0.717) is 5.02 Å². The third-order valence-corrected chi connectivity index (χ3v) is 8.12. The summed E-state index contributed by atoms with van der Waals surface area (Å²) in [5.74, 6) is -0.780. The van der Waals surface area contributed by atoms with Crippen LogP contribution in [0, 0.1) is 6.92 Å². The number of carbonyl (C=O) groups is 2. The molecule has 3 rings (SSSR count). The van der Waals surface area contributed by atoms with Crippen molar-refractivity contribution in [3.63, 3.8) is 0 Å². The Bertz CT molecular complexity index is 1330. The Morgan fingerprint density at radius 1 is 0.895 bits per heavy atom. The van der Waals surface area contributed by atoms with Crippen molar-refractivity contribution in [2.45, 2.75) is 50.7 Å². The van der Waals surface area contributed by atoms with Crippen molar-refractivity contribution < 1.29 is 18.0 Å². The Morgan fingerprint density at radius 2 is 1.50 bits per heavy atom. The average Bonchev–Trinajstić information content (AvgIpc) is 2.87. The average molecular weight is 556 g/mol. The van der Waals surface area contributed by atoms with E-state index in [2.05, 4.69) is 5.32 Å². The molecular weight excluding hydrogens is 522 g/mol. The normalized spacial score (nSPS) is 12.4. The number of nitrogens with zero attached hydrogens (tertiary/aromatic N) is 2. The molecule has 3 aromatic carbocycles. The van der Waals surface area contributed by atoms with Gasteiger partial charge in [0.2, 0.25) is 21.8 Å². The summed E-state index contributed by atoms with van der Waals surface area (Å²) in [5, 5.41) is 3.34. The molecule has 2 amide bonds. The van der Waals surface area contributed by atoms with Crippen molar-refractivity contribution >= 4 is 33.4 Å². The zero-order valence-electron chi connectivity index (χ0n) is 22.1. The van der Waals surface area contributed by atoms with E-state index in [1.807, 2.05) is 75.4 Å². The van der Waals surface area contributed by atoms with Crippen LogP contribution in [0.1, 0.15) is 30.5 Å². The van der Waals surface area contributed by atoms with Crippen molar-refractivity contribution in [1.29, 1.82) is 0 Å². The Balaban J connectivity index is 1.96. The first-order chi connectivity index (χ1) is 18.0. The Labute approximate surface area is 230 Å². The fourth-order valence-electron chi connectivity index (χ4n) is 3.98. The maximum atomic E-state index is 13.8. The number of rotatable bonds is 11. The zero-order chi connectivity index (χ0) is 27.9. The Morgan fingerprint density at radius 3 is 2.08 bits per heavy atom. The van der Waals surface area contributed by atoms with E-state index in [-0.39, 0.29) is 29.8 Å². The molecule has 1 atom stereocenters. The summed E-state index contributed by atoms with van der Waals surface area (Å²) in [4.78, 5) is 28.7. The third kappa shape index (κ3) is 7.90. The maximum Gasteiger partial charge on any atom is 0.243 e. The lowest BCUT2D eigenvalue weighted by atomic mass is 10.0. The van der Waals surface area contributed by atoms with Crippen LogP contribution in [-0.4, -0.2) is 55.1 Å². The second-order valence-electron chi connectivity index (χ2n) is 9.59. The lowest BCUT2D eigenvalue weighted by Crippen LogP contribution is -2.53. The Kier molecular flexibility index (Phi) is 10.1. The number of likely N-dealkylation sites (N-methyl/N-ethyl adjacent to an activating group) is 1. The van der Waals surface area contributed by atoms with E-state index in [0.717, 1.165) is 21.0 Å². The van der Waals surface area contributed by atoms with Gasteiger partial charge in [-0.3, -0.25) is 9.59 Å². The molecule has 0 radical (unpaired) electrons. The first kappa shape index (κ1) is 29.4. The number of benzene rings is 3. The standard InChI is InChI=1S/C29H34ClN3O4S/c1-21(2)31-29(35)27(18-23-8-6-5-7-9-23)33(19-24-12-10-22(3)11-13-24)28(34)20-32(4)38(36,37)26-16-14-25(30)15-17-26/h5-17,21,27H,18-20H2,1-4H3,(H,31,35)/t27-/m0/s1. The van der Waals surface area contributed by atoms with Crippen molar-refractivity contribution in [3.05, 3.63) is 101 Å². The van der Waals surface area contributed by atoms with Gasteiger partial charge in [-0.1, -0.05) is 71.8 Å². The zero-order valence-corrected chi connectivity index (χ0v) is 23.7. The van der Waals surface area contributed by atoms with Crippen LogP contribution in [0.25, 0.3) is 0 Å². The molecular formula is C29H34ClN3O4S. The molecule has 9 heteroatoms. The number of nitrogens with one attached hydrogen (secondary N) is 1. The molecule has 0 fully saturated rings. The van der Waals surface area contributed by atoms with E-state index >= 15 is 0 Å². The number of hydrogen-bond donors (Lipinski definition) is 1. The summed E-state index contributed by atoms with van der Waals surface area (Å²) in [6.07, 6.45) is 0.282. The first-order valence-corrected chi connectivity index (χ1v) is 14.2. The quantitative estimate of drug-likeness (QED) is 0.379. The summed E-state index contributed by atoms with van der Waals surface area (Å²) < 4.78 is 27.3. The predicted molar refractivity (Wildman–Crippen MR) is 150 cm³/mol. The molecule has 1 N–H and O–H groups in total. The smallest absolute Gasteiger partial charge is 0.243 e. The monoisotopic (exact) mass is 555 g/mol. The summed E-state index contributed by atoms with van der Waals surface area (Å²) in [7, 11) is -2.61. The van der Waals surface area contributed by atoms with Crippen molar-refractivity contribution in [2.75, 3.05) is 13.6 Å². The molecule has 0 aliphatic carbocycles. The molecule has 0 aliphatic rings. The minimum atomic E-state index is -3.96. The van der Waals surface area contributed by atoms with Crippen LogP contribution in [0.5, 0.6) is 0 Å². The number of amides is 2. The van der Waals surface area contributed by atoms with Gasteiger partial charge in [0.25, 0.3) is 0 Å². The molecule has 38 heavy (non-hydrogen) atoms. The summed E-state index contributed by atoms with van der Waals surface area (Å²) in [5.41, 5.74) is 2.79. The second kappa shape index (κ2) is 13.0. The van der Waals surface area contributed by atoms with Crippen LogP contribution in [0.3, 0.4) is 0 Å². The highest BCUT2D eigenvalue weighted by molar-refractivity contribution is 7.89. The molecule has 0 aliphatic heterocycles. The van der Waals surface area contributed by atoms with Gasteiger partial charge in [0.15, 0.2) is 0 Å². The summed E-state index contributed by atoms with van der Waals surface area (Å²) >= 11 is 5.91. The van der Waals surface area contributed by atoms with Gasteiger partial charge in [0.1, 0.15) is 6.04 Å². The van der Waals surface area contributed by atoms with Gasteiger partial charge >= 0.3 is 0 Å². The fourth-order valence-corrected chi connectivity index (χ4v) is 5.22. The molecule has 0 saturated carbocycles. The van der Waals surface area contributed by atoms with Gasteiger partial charge in [-0.25, -0.2) is 8.42 Å². The largest absolute Gasteiger partial charge is 0.352 e. The summed E-state index contributed by atoms with van der Waals surface area (Å²) in [6, 6.07) is 21.9. The van der Waals surface area contributed by atoms with Gasteiger partial charge in [-0.2, -0.15) is 4.31 Å². The highest BCUT2D eigenvalue weighted by Crippen LogP contribution is 2.20. The van der Waals surface area contributed by atoms with E-state index in [9.17, 15) is 18.0 Å². The van der Waals surface area contributed by atoms with Gasteiger partial charge < -0.3 is 10.2 Å². The van der Waals surface area contributed by atoms with Crippen molar-refractivity contribution in [1.82, 2.24) is 14.5 Å². The van der Waals surface area contributed by atoms with Crippen molar-refractivity contribution in [2.24, 2.45) is 0 Å². The lowest BCUT2D eigenvalue weighted by molar-refractivity contribution is -0.141. The minimum Gasteiger partial charge on any atom is -0.352 e. The number of hydrogen-bond acceptors (Lipinski definition) is 4. The highest BCUT2D eigenvalue weighted by atomic mass is 35.5. The second-order valence-corrected chi connectivity index (χ2v) is 12.1. The molecule has 0 heterocycles. The predicted octanol–water partition coefficient (Wildman–Crippen LogP) is 4.43. The third-order valence-electron chi connectivity index (χ3n) is 6.06. The van der Waals surface area contributed by atoms with Crippen LogP contribution in [0.4, 0.5) is 0 Å². The van der Waals surface area contributed by atoms with Crippen LogP contribution >= 0.6 is 11.6 Å². The molecule has 3 aromatic rings. The highest BCUT2D eigenvalue weighted by Gasteiger charge is 2.33. The Hall–Kier alpha value is -3.20. The molecule has 7 nitrogen and oxygen atoms in total. The number of carbonyl (C=O) groups excluding carboxylic acids is 2. The van der Waals surface area contributed by atoms with E-state index in [1.54, 1.807) is 0 Å². The van der Waals surface area contributed by atoms with E-state index in [1.165, 1.54) is 36.2 Å². The molecule has 0 spiro atoms. The number of aryl methyl sites for hydroxylation is 1. The van der Waals surface area contributed by atoms with Crippen LogP contribution in [-0.2, 0) is 32.6 Å². The topological polar surface area (TPSA) is 86.8 Å². The van der Waals surface area contributed by atoms with Gasteiger partial charge in [0.05, 0.1) is 11.4 Å². The van der Waals surface area contributed by atoms with E-state index < -0.39 is 28.5 Å². The molecule has 0 unspecified atom stereocenters. The lowest BCUT2D eigenvalue weighted by Gasteiger charge is -2.33. The molecule has 0 saturated heterocycles. The molecule has 0 aromatic heterocycles. The number of halogens is 1. The SMILES string of the molecule is Cc1ccc(CN(C(=O)CN(C)S(=O)(=O)c2ccc(Cl)cc2)[C@@H](Cc2ccccc2)C(=O)NC(C)C)cc1. The van der Waals surface area contributed by atoms with Crippen molar-refractivity contribution in [3.8, 4) is 0 Å². The van der Waals surface area contributed by atoms with Gasteiger partial charge in [0, 0.05) is 31.1 Å². The summed E-state index contributed by atoms with van der Waals surface area (Å²) in [6.45, 7) is 5.40. The molecule has 202 valence electrons. The molecule has 0 bridgehead atoms. The maximum absolute atomic E-state index is 13.8. The number of sulfonamides is 1. The van der Waals surface area contributed by atoms with Crippen LogP contribution in [0.2, 0.25) is 5.02 Å². The first-order valence-electron chi connectivity index (χ1n) is 12.4. The van der Waals surface area contributed by atoms with Crippen LogP contribution < -0.4 is 5.32 Å². The fraction of sp³-hybridized carbons (Fsp3) is 0.310. The van der Waals surface area contributed by atoms with Crippen LogP contribution in [0.15, 0.2) is 83.8 Å². The van der Waals surface area contributed by atoms with E-state index in [4.69, 9.17) is 11.6 Å².